The number of amides is 1. The lowest BCUT2D eigenvalue weighted by atomic mass is 9.80. The minimum Gasteiger partial charge on any atom is -0.389 e. The molecule has 0 aliphatic carbocycles. The van der Waals surface area contributed by atoms with E-state index in [1.54, 1.807) is 7.11 Å². The quantitative estimate of drug-likeness (QED) is 0.781. The van der Waals surface area contributed by atoms with E-state index < -0.39 is 5.60 Å². The molecule has 0 aromatic carbocycles. The molecule has 1 amide bonds. The molecule has 2 aliphatic rings. The van der Waals surface area contributed by atoms with E-state index in [2.05, 4.69) is 11.8 Å². The van der Waals surface area contributed by atoms with Gasteiger partial charge < -0.3 is 19.6 Å². The fourth-order valence-electron chi connectivity index (χ4n) is 3.30. The minimum atomic E-state index is -0.587. The Labute approximate surface area is 121 Å². The van der Waals surface area contributed by atoms with Gasteiger partial charge in [0, 0.05) is 52.9 Å². The topological polar surface area (TPSA) is 53.0 Å². The number of carbonyl (C=O) groups is 1. The average Bonchev–Trinajstić information content (AvgIpc) is 2.84. The molecule has 0 bridgehead atoms. The Bertz CT molecular complexity index is 337. The molecule has 20 heavy (non-hydrogen) atoms. The SMILES string of the molecule is COCCC1(O)CCN(CCN2CCCC2=O)CC1C. The summed E-state index contributed by atoms with van der Waals surface area (Å²) in [5.41, 5.74) is -0.587. The first kappa shape index (κ1) is 15.7. The van der Waals surface area contributed by atoms with Gasteiger partial charge in [-0.15, -0.1) is 0 Å². The molecule has 2 saturated heterocycles. The molecule has 5 heteroatoms. The zero-order chi connectivity index (χ0) is 14.6. The zero-order valence-electron chi connectivity index (χ0n) is 12.8. The lowest BCUT2D eigenvalue weighted by Crippen LogP contribution is -2.52. The van der Waals surface area contributed by atoms with Crippen LogP contribution >= 0.6 is 0 Å². The first-order valence-corrected chi connectivity index (χ1v) is 7.76. The fraction of sp³-hybridized carbons (Fsp3) is 0.933. The highest BCUT2D eigenvalue weighted by molar-refractivity contribution is 5.78. The first-order valence-electron chi connectivity index (χ1n) is 7.76. The van der Waals surface area contributed by atoms with Crippen molar-refractivity contribution in [3.8, 4) is 0 Å². The van der Waals surface area contributed by atoms with Gasteiger partial charge in [0.1, 0.15) is 0 Å². The number of ether oxygens (including phenoxy) is 1. The van der Waals surface area contributed by atoms with Crippen LogP contribution in [0.4, 0.5) is 0 Å². The molecular formula is C15H28N2O3. The number of methoxy groups -OCH3 is 1. The normalized spacial score (nSPS) is 32.0. The monoisotopic (exact) mass is 284 g/mol. The maximum Gasteiger partial charge on any atom is 0.222 e. The highest BCUT2D eigenvalue weighted by atomic mass is 16.5. The zero-order valence-corrected chi connectivity index (χ0v) is 12.8. The number of nitrogens with zero attached hydrogens (tertiary/aromatic N) is 2. The van der Waals surface area contributed by atoms with E-state index in [9.17, 15) is 9.90 Å². The molecule has 2 atom stereocenters. The van der Waals surface area contributed by atoms with Gasteiger partial charge >= 0.3 is 0 Å². The Morgan fingerprint density at radius 3 is 2.80 bits per heavy atom. The van der Waals surface area contributed by atoms with E-state index in [1.807, 2.05) is 4.90 Å². The molecular weight excluding hydrogens is 256 g/mol. The molecule has 0 saturated carbocycles. The van der Waals surface area contributed by atoms with Crippen LogP contribution in [0.15, 0.2) is 0 Å². The molecule has 2 aliphatic heterocycles. The van der Waals surface area contributed by atoms with E-state index >= 15 is 0 Å². The predicted molar refractivity (Wildman–Crippen MR) is 77.5 cm³/mol. The highest BCUT2D eigenvalue weighted by Gasteiger charge is 2.38. The number of piperidine rings is 1. The third-order valence-corrected chi connectivity index (χ3v) is 4.91. The summed E-state index contributed by atoms with van der Waals surface area (Å²) in [4.78, 5) is 15.9. The van der Waals surface area contributed by atoms with E-state index in [1.165, 1.54) is 0 Å². The second-order valence-electron chi connectivity index (χ2n) is 6.28. The number of hydrogen-bond donors (Lipinski definition) is 1. The van der Waals surface area contributed by atoms with Crippen LogP contribution in [0.5, 0.6) is 0 Å². The molecule has 2 heterocycles. The maximum absolute atomic E-state index is 11.6. The van der Waals surface area contributed by atoms with Gasteiger partial charge in [-0.2, -0.15) is 0 Å². The van der Waals surface area contributed by atoms with Crippen molar-refractivity contribution in [1.29, 1.82) is 0 Å². The van der Waals surface area contributed by atoms with Crippen molar-refractivity contribution >= 4 is 5.91 Å². The van der Waals surface area contributed by atoms with Gasteiger partial charge in [-0.25, -0.2) is 0 Å². The number of likely N-dealkylation sites (tertiary alicyclic amines) is 2. The Morgan fingerprint density at radius 2 is 2.20 bits per heavy atom. The summed E-state index contributed by atoms with van der Waals surface area (Å²) in [7, 11) is 1.68. The molecule has 1 N–H and O–H groups in total. The van der Waals surface area contributed by atoms with Gasteiger partial charge in [-0.3, -0.25) is 4.79 Å². The van der Waals surface area contributed by atoms with Gasteiger partial charge in [0.25, 0.3) is 0 Å². The minimum absolute atomic E-state index is 0.251. The highest BCUT2D eigenvalue weighted by Crippen LogP contribution is 2.30. The van der Waals surface area contributed by atoms with Gasteiger partial charge in [-0.05, 0) is 25.2 Å². The second kappa shape index (κ2) is 6.87. The molecule has 5 nitrogen and oxygen atoms in total. The van der Waals surface area contributed by atoms with Crippen LogP contribution in [0.2, 0.25) is 0 Å². The first-order chi connectivity index (χ1) is 9.55. The van der Waals surface area contributed by atoms with E-state index in [-0.39, 0.29) is 5.92 Å². The molecule has 0 aromatic rings. The summed E-state index contributed by atoms with van der Waals surface area (Å²) in [6.45, 7) is 7.22. The van der Waals surface area contributed by atoms with Crippen molar-refractivity contribution in [2.24, 2.45) is 5.92 Å². The smallest absolute Gasteiger partial charge is 0.222 e. The Hall–Kier alpha value is -0.650. The van der Waals surface area contributed by atoms with Crippen molar-refractivity contribution in [3.05, 3.63) is 0 Å². The van der Waals surface area contributed by atoms with Crippen molar-refractivity contribution < 1.29 is 14.6 Å². The fourth-order valence-corrected chi connectivity index (χ4v) is 3.30. The summed E-state index contributed by atoms with van der Waals surface area (Å²) in [6, 6.07) is 0. The standard InChI is InChI=1S/C15H28N2O3/c1-13-12-16(8-5-15(13,19)6-11-20-2)9-10-17-7-3-4-14(17)18/h13,19H,3-12H2,1-2H3. The third kappa shape index (κ3) is 3.71. The summed E-state index contributed by atoms with van der Waals surface area (Å²) >= 11 is 0. The van der Waals surface area contributed by atoms with Crippen LogP contribution in [0.1, 0.15) is 32.6 Å². The summed E-state index contributed by atoms with van der Waals surface area (Å²) < 4.78 is 5.09. The van der Waals surface area contributed by atoms with Gasteiger partial charge in [0.15, 0.2) is 0 Å². The summed E-state index contributed by atoms with van der Waals surface area (Å²) in [5.74, 6) is 0.548. The molecule has 0 radical (unpaired) electrons. The molecule has 0 spiro atoms. The van der Waals surface area contributed by atoms with Crippen LogP contribution in [0, 0.1) is 5.92 Å². The third-order valence-electron chi connectivity index (χ3n) is 4.91. The average molecular weight is 284 g/mol. The number of carbonyl (C=O) groups excluding carboxylic acids is 1. The van der Waals surface area contributed by atoms with Crippen LogP contribution < -0.4 is 0 Å². The van der Waals surface area contributed by atoms with Gasteiger partial charge in [-0.1, -0.05) is 6.92 Å². The largest absolute Gasteiger partial charge is 0.389 e. The van der Waals surface area contributed by atoms with Crippen molar-refractivity contribution in [2.45, 2.75) is 38.2 Å². The molecule has 2 unspecified atom stereocenters. The molecule has 116 valence electrons. The van der Waals surface area contributed by atoms with E-state index in [4.69, 9.17) is 4.74 Å². The van der Waals surface area contributed by atoms with E-state index in [0.717, 1.165) is 45.6 Å². The van der Waals surface area contributed by atoms with Crippen molar-refractivity contribution in [2.75, 3.05) is 46.4 Å². The van der Waals surface area contributed by atoms with Gasteiger partial charge in [0.05, 0.1) is 5.60 Å². The van der Waals surface area contributed by atoms with Crippen LogP contribution in [0.25, 0.3) is 0 Å². The number of hydrogen-bond acceptors (Lipinski definition) is 4. The molecule has 2 rings (SSSR count). The lowest BCUT2D eigenvalue weighted by Gasteiger charge is -2.43. The predicted octanol–water partition coefficient (Wildman–Crippen LogP) is 0.718. The van der Waals surface area contributed by atoms with E-state index in [0.29, 0.717) is 25.4 Å². The van der Waals surface area contributed by atoms with Gasteiger partial charge in [0.2, 0.25) is 5.91 Å². The van der Waals surface area contributed by atoms with Crippen LogP contribution in [-0.4, -0.2) is 72.9 Å². The number of rotatable bonds is 6. The Kier molecular flexibility index (Phi) is 5.41. The number of aliphatic hydroxyl groups is 1. The summed E-state index contributed by atoms with van der Waals surface area (Å²) in [6.07, 6.45) is 3.23. The van der Waals surface area contributed by atoms with Crippen LogP contribution in [-0.2, 0) is 9.53 Å². The Morgan fingerprint density at radius 1 is 1.40 bits per heavy atom. The molecule has 0 aromatic heterocycles. The lowest BCUT2D eigenvalue weighted by molar-refractivity contribution is -0.128. The maximum atomic E-state index is 11.6. The second-order valence-corrected chi connectivity index (χ2v) is 6.28. The summed E-state index contributed by atoms with van der Waals surface area (Å²) in [5, 5.41) is 10.6. The van der Waals surface area contributed by atoms with Crippen molar-refractivity contribution in [3.63, 3.8) is 0 Å². The van der Waals surface area contributed by atoms with Crippen molar-refractivity contribution in [1.82, 2.24) is 9.80 Å². The van der Waals surface area contributed by atoms with Crippen LogP contribution in [0.3, 0.4) is 0 Å². The molecule has 2 fully saturated rings. The Balaban J connectivity index is 1.75.